The fourth-order valence-corrected chi connectivity index (χ4v) is 2.25. The van der Waals surface area contributed by atoms with Crippen LogP contribution in [0.3, 0.4) is 0 Å². The Bertz CT molecular complexity index is 691. The molecule has 0 spiro atoms. The highest BCUT2D eigenvalue weighted by Crippen LogP contribution is 2.20. The molecule has 0 aliphatic heterocycles. The standard InChI is InChI=1S/C16H17N3O2/c1-2-5-11(16(20)21)10-18-15-8-12(9-17)13-6-3-4-7-14(13)19-15/h3-4,6-8,11H,2,5,10H2,1H3,(H,18,19)(H,20,21). The number of fused-ring (bicyclic) bond motifs is 1. The number of anilines is 1. The molecule has 108 valence electrons. The lowest BCUT2D eigenvalue weighted by Crippen LogP contribution is -2.23. The predicted molar refractivity (Wildman–Crippen MR) is 81.0 cm³/mol. The molecule has 0 amide bonds. The van der Waals surface area contributed by atoms with Crippen LogP contribution in [0.4, 0.5) is 5.82 Å². The summed E-state index contributed by atoms with van der Waals surface area (Å²) in [5.41, 5.74) is 1.26. The van der Waals surface area contributed by atoms with Crippen LogP contribution in [0.25, 0.3) is 10.9 Å². The van der Waals surface area contributed by atoms with Gasteiger partial charge in [-0.25, -0.2) is 4.98 Å². The van der Waals surface area contributed by atoms with Gasteiger partial charge in [0.1, 0.15) is 5.82 Å². The Labute approximate surface area is 123 Å². The molecule has 1 aromatic carbocycles. The Morgan fingerprint density at radius 2 is 2.24 bits per heavy atom. The van der Waals surface area contributed by atoms with Crippen molar-refractivity contribution in [1.29, 1.82) is 5.26 Å². The molecule has 5 heteroatoms. The van der Waals surface area contributed by atoms with Gasteiger partial charge >= 0.3 is 5.97 Å². The number of aliphatic carboxylic acids is 1. The maximum atomic E-state index is 11.1. The predicted octanol–water partition coefficient (Wildman–Crippen LogP) is 3.02. The molecule has 2 N–H and O–H groups in total. The molecular formula is C16H17N3O2. The van der Waals surface area contributed by atoms with E-state index < -0.39 is 11.9 Å². The van der Waals surface area contributed by atoms with E-state index in [0.29, 0.717) is 24.3 Å². The summed E-state index contributed by atoms with van der Waals surface area (Å²) in [5.74, 6) is -0.730. The monoisotopic (exact) mass is 283 g/mol. The summed E-state index contributed by atoms with van der Waals surface area (Å²) < 4.78 is 0. The normalized spacial score (nSPS) is 11.8. The number of carboxylic acid groups (broad SMARTS) is 1. The molecule has 0 aliphatic rings. The third kappa shape index (κ3) is 3.48. The zero-order chi connectivity index (χ0) is 15.2. The zero-order valence-electron chi connectivity index (χ0n) is 11.8. The first kappa shape index (κ1) is 14.8. The minimum atomic E-state index is -0.814. The van der Waals surface area contributed by atoms with E-state index in [2.05, 4.69) is 16.4 Å². The molecule has 0 radical (unpaired) electrons. The second-order valence-corrected chi connectivity index (χ2v) is 4.89. The Kier molecular flexibility index (Phi) is 4.72. The maximum Gasteiger partial charge on any atom is 0.308 e. The van der Waals surface area contributed by atoms with Gasteiger partial charge in [-0.3, -0.25) is 4.79 Å². The van der Waals surface area contributed by atoms with E-state index in [4.69, 9.17) is 5.11 Å². The van der Waals surface area contributed by atoms with E-state index >= 15 is 0 Å². The third-order valence-electron chi connectivity index (χ3n) is 3.35. The fourth-order valence-electron chi connectivity index (χ4n) is 2.25. The van der Waals surface area contributed by atoms with E-state index in [-0.39, 0.29) is 0 Å². The number of hydrogen-bond donors (Lipinski definition) is 2. The van der Waals surface area contributed by atoms with Gasteiger partial charge in [-0.05, 0) is 18.6 Å². The smallest absolute Gasteiger partial charge is 0.308 e. The Hall–Kier alpha value is -2.61. The average molecular weight is 283 g/mol. The summed E-state index contributed by atoms with van der Waals surface area (Å²) in [4.78, 5) is 15.6. The minimum Gasteiger partial charge on any atom is -0.481 e. The number of nitrogens with one attached hydrogen (secondary N) is 1. The van der Waals surface area contributed by atoms with Crippen LogP contribution in [0.5, 0.6) is 0 Å². The Morgan fingerprint density at radius 3 is 2.90 bits per heavy atom. The summed E-state index contributed by atoms with van der Waals surface area (Å²) in [6.07, 6.45) is 1.42. The van der Waals surface area contributed by atoms with Gasteiger partial charge in [-0.1, -0.05) is 31.5 Å². The van der Waals surface area contributed by atoms with E-state index in [1.54, 1.807) is 6.07 Å². The van der Waals surface area contributed by atoms with Crippen molar-refractivity contribution < 1.29 is 9.90 Å². The lowest BCUT2D eigenvalue weighted by atomic mass is 10.0. The topological polar surface area (TPSA) is 86.0 Å². The molecule has 2 aromatic rings. The van der Waals surface area contributed by atoms with Crippen molar-refractivity contribution in [3.8, 4) is 6.07 Å². The molecule has 0 aliphatic carbocycles. The molecule has 0 fully saturated rings. The molecule has 5 nitrogen and oxygen atoms in total. The highest BCUT2D eigenvalue weighted by atomic mass is 16.4. The SMILES string of the molecule is CCCC(CNc1cc(C#N)c2ccccc2n1)C(=O)O. The number of benzene rings is 1. The van der Waals surface area contributed by atoms with E-state index in [0.717, 1.165) is 17.3 Å². The average Bonchev–Trinajstić information content (AvgIpc) is 2.50. The highest BCUT2D eigenvalue weighted by molar-refractivity contribution is 5.86. The molecular weight excluding hydrogens is 266 g/mol. The number of nitrogens with zero attached hydrogens (tertiary/aromatic N) is 2. The number of rotatable bonds is 6. The van der Waals surface area contributed by atoms with Crippen LogP contribution in [-0.4, -0.2) is 22.6 Å². The lowest BCUT2D eigenvalue weighted by molar-refractivity contribution is -0.141. The van der Waals surface area contributed by atoms with Crippen molar-refractivity contribution >= 4 is 22.7 Å². The molecule has 0 saturated carbocycles. The van der Waals surface area contributed by atoms with Gasteiger partial charge < -0.3 is 10.4 Å². The number of carbonyl (C=O) groups is 1. The van der Waals surface area contributed by atoms with Crippen LogP contribution in [-0.2, 0) is 4.79 Å². The summed E-state index contributed by atoms with van der Waals surface area (Å²) >= 11 is 0. The first-order valence-corrected chi connectivity index (χ1v) is 6.92. The molecule has 21 heavy (non-hydrogen) atoms. The lowest BCUT2D eigenvalue weighted by Gasteiger charge is -2.13. The van der Waals surface area contributed by atoms with Crippen molar-refractivity contribution in [3.05, 3.63) is 35.9 Å². The number of para-hydroxylation sites is 1. The van der Waals surface area contributed by atoms with Gasteiger partial charge in [-0.15, -0.1) is 0 Å². The van der Waals surface area contributed by atoms with E-state index in [1.165, 1.54) is 0 Å². The number of carboxylic acids is 1. The van der Waals surface area contributed by atoms with Crippen molar-refractivity contribution in [2.24, 2.45) is 5.92 Å². The van der Waals surface area contributed by atoms with Crippen LogP contribution in [0.1, 0.15) is 25.3 Å². The summed E-state index contributed by atoms with van der Waals surface area (Å²) in [7, 11) is 0. The van der Waals surface area contributed by atoms with Crippen molar-refractivity contribution in [2.45, 2.75) is 19.8 Å². The van der Waals surface area contributed by atoms with Gasteiger partial charge in [0.15, 0.2) is 0 Å². The molecule has 0 bridgehead atoms. The number of nitriles is 1. The first-order chi connectivity index (χ1) is 10.2. The van der Waals surface area contributed by atoms with Crippen LogP contribution < -0.4 is 5.32 Å². The highest BCUT2D eigenvalue weighted by Gasteiger charge is 2.16. The minimum absolute atomic E-state index is 0.305. The van der Waals surface area contributed by atoms with Gasteiger partial charge in [0, 0.05) is 11.9 Å². The van der Waals surface area contributed by atoms with E-state index in [1.807, 2.05) is 31.2 Å². The fraction of sp³-hybridized carbons (Fsp3) is 0.312. The van der Waals surface area contributed by atoms with Gasteiger partial charge in [0.25, 0.3) is 0 Å². The summed E-state index contributed by atoms with van der Waals surface area (Å²) in [6.45, 7) is 2.26. The Balaban J connectivity index is 2.23. The largest absolute Gasteiger partial charge is 0.481 e. The van der Waals surface area contributed by atoms with Crippen LogP contribution in [0.2, 0.25) is 0 Å². The second-order valence-electron chi connectivity index (χ2n) is 4.89. The van der Waals surface area contributed by atoms with Crippen LogP contribution in [0.15, 0.2) is 30.3 Å². The van der Waals surface area contributed by atoms with Gasteiger partial charge in [0.05, 0.1) is 23.1 Å². The Morgan fingerprint density at radius 1 is 1.48 bits per heavy atom. The van der Waals surface area contributed by atoms with Crippen LogP contribution >= 0.6 is 0 Å². The van der Waals surface area contributed by atoms with Gasteiger partial charge in [-0.2, -0.15) is 5.26 Å². The number of aromatic nitrogens is 1. The zero-order valence-corrected chi connectivity index (χ0v) is 11.8. The second kappa shape index (κ2) is 6.71. The molecule has 1 unspecified atom stereocenters. The molecule has 2 rings (SSSR count). The molecule has 1 heterocycles. The summed E-state index contributed by atoms with van der Waals surface area (Å²) in [6, 6.07) is 11.2. The summed E-state index contributed by atoms with van der Waals surface area (Å²) in [5, 5.41) is 22.2. The van der Waals surface area contributed by atoms with Crippen LogP contribution in [0, 0.1) is 17.2 Å². The third-order valence-corrected chi connectivity index (χ3v) is 3.35. The van der Waals surface area contributed by atoms with E-state index in [9.17, 15) is 10.1 Å². The molecule has 1 atom stereocenters. The van der Waals surface area contributed by atoms with Gasteiger partial charge in [0.2, 0.25) is 0 Å². The number of hydrogen-bond acceptors (Lipinski definition) is 4. The first-order valence-electron chi connectivity index (χ1n) is 6.92. The van der Waals surface area contributed by atoms with Crippen molar-refractivity contribution in [2.75, 3.05) is 11.9 Å². The van der Waals surface area contributed by atoms with Crippen molar-refractivity contribution in [3.63, 3.8) is 0 Å². The quantitative estimate of drug-likeness (QED) is 0.851. The molecule has 0 saturated heterocycles. The number of pyridine rings is 1. The maximum absolute atomic E-state index is 11.1. The van der Waals surface area contributed by atoms with Crippen molar-refractivity contribution in [1.82, 2.24) is 4.98 Å². The molecule has 1 aromatic heterocycles.